The lowest BCUT2D eigenvalue weighted by atomic mass is 9.84. The second-order valence-electron chi connectivity index (χ2n) is 4.96. The normalized spacial score (nSPS) is 25.6. The monoisotopic (exact) mass is 236 g/mol. The standard InChI is InChI=1S/C12H16N2O3/c1-12(2)9-5-4-7(14(16)17)6-8(9)10(13-3)11(12)15/h4-6,10-11,13,15H,1-3H3. The zero-order valence-corrected chi connectivity index (χ0v) is 10.1. The number of likely N-dealkylation sites (N-methyl/N-ethyl adjacent to an activating group) is 1. The molecule has 1 aliphatic carbocycles. The van der Waals surface area contributed by atoms with Crippen molar-refractivity contribution in [1.82, 2.24) is 5.32 Å². The first-order valence-electron chi connectivity index (χ1n) is 5.53. The molecule has 5 heteroatoms. The highest BCUT2D eigenvalue weighted by Gasteiger charge is 2.45. The number of benzene rings is 1. The zero-order valence-electron chi connectivity index (χ0n) is 10.1. The molecule has 2 rings (SSSR count). The van der Waals surface area contributed by atoms with Crippen LogP contribution in [0.3, 0.4) is 0 Å². The van der Waals surface area contributed by atoms with Gasteiger partial charge in [-0.3, -0.25) is 10.1 Å². The van der Waals surface area contributed by atoms with Crippen molar-refractivity contribution < 1.29 is 10.0 Å². The molecule has 1 aliphatic rings. The fourth-order valence-corrected chi connectivity index (χ4v) is 2.57. The lowest BCUT2D eigenvalue weighted by Gasteiger charge is -2.26. The van der Waals surface area contributed by atoms with E-state index in [4.69, 9.17) is 0 Å². The van der Waals surface area contributed by atoms with E-state index in [2.05, 4.69) is 5.32 Å². The number of hydrogen-bond acceptors (Lipinski definition) is 4. The number of fused-ring (bicyclic) bond motifs is 1. The fourth-order valence-electron chi connectivity index (χ4n) is 2.57. The van der Waals surface area contributed by atoms with Crippen molar-refractivity contribution in [1.29, 1.82) is 0 Å². The summed E-state index contributed by atoms with van der Waals surface area (Å²) in [7, 11) is 1.75. The summed E-state index contributed by atoms with van der Waals surface area (Å²) < 4.78 is 0. The number of nitro groups is 1. The van der Waals surface area contributed by atoms with Gasteiger partial charge in [-0.05, 0) is 18.2 Å². The summed E-state index contributed by atoms with van der Waals surface area (Å²) in [6.07, 6.45) is -0.579. The molecule has 0 aliphatic heterocycles. The van der Waals surface area contributed by atoms with Crippen molar-refractivity contribution in [3.63, 3.8) is 0 Å². The van der Waals surface area contributed by atoms with E-state index in [1.807, 2.05) is 13.8 Å². The second kappa shape index (κ2) is 3.78. The largest absolute Gasteiger partial charge is 0.390 e. The molecule has 0 spiro atoms. The third kappa shape index (κ3) is 1.62. The van der Waals surface area contributed by atoms with E-state index in [-0.39, 0.29) is 11.7 Å². The van der Waals surface area contributed by atoms with E-state index in [0.717, 1.165) is 11.1 Å². The lowest BCUT2D eigenvalue weighted by Crippen LogP contribution is -2.35. The first-order chi connectivity index (χ1) is 7.89. The van der Waals surface area contributed by atoms with Gasteiger partial charge in [-0.25, -0.2) is 0 Å². The quantitative estimate of drug-likeness (QED) is 0.603. The van der Waals surface area contributed by atoms with Crippen molar-refractivity contribution in [3.8, 4) is 0 Å². The summed E-state index contributed by atoms with van der Waals surface area (Å²) in [6, 6.07) is 4.54. The Morgan fingerprint density at radius 2 is 2.12 bits per heavy atom. The molecule has 5 nitrogen and oxygen atoms in total. The number of nitrogens with one attached hydrogen (secondary N) is 1. The van der Waals surface area contributed by atoms with Gasteiger partial charge in [0.25, 0.3) is 5.69 Å². The van der Waals surface area contributed by atoms with Crippen LogP contribution < -0.4 is 5.32 Å². The highest BCUT2D eigenvalue weighted by atomic mass is 16.6. The van der Waals surface area contributed by atoms with Crippen LogP contribution in [-0.4, -0.2) is 23.2 Å². The minimum absolute atomic E-state index is 0.0638. The number of non-ortho nitro benzene ring substituents is 1. The Kier molecular flexibility index (Phi) is 2.67. The Hall–Kier alpha value is -1.46. The Bertz CT molecular complexity index is 471. The Balaban J connectivity index is 2.59. The van der Waals surface area contributed by atoms with Crippen LogP contribution in [0.4, 0.5) is 5.69 Å². The second-order valence-corrected chi connectivity index (χ2v) is 4.96. The smallest absolute Gasteiger partial charge is 0.269 e. The van der Waals surface area contributed by atoms with Gasteiger partial charge in [-0.2, -0.15) is 0 Å². The van der Waals surface area contributed by atoms with Crippen LogP contribution in [0, 0.1) is 10.1 Å². The number of nitro benzene ring substituents is 1. The maximum absolute atomic E-state index is 10.8. The predicted molar refractivity (Wildman–Crippen MR) is 63.9 cm³/mol. The van der Waals surface area contributed by atoms with Crippen LogP contribution in [0.5, 0.6) is 0 Å². The van der Waals surface area contributed by atoms with Crippen molar-refractivity contribution in [2.75, 3.05) is 7.05 Å². The topological polar surface area (TPSA) is 75.4 Å². The summed E-state index contributed by atoms with van der Waals surface area (Å²) in [6.45, 7) is 3.89. The van der Waals surface area contributed by atoms with Crippen LogP contribution in [0.1, 0.15) is 31.0 Å². The van der Waals surface area contributed by atoms with Crippen molar-refractivity contribution >= 4 is 5.69 Å². The van der Waals surface area contributed by atoms with Crippen molar-refractivity contribution in [3.05, 3.63) is 39.4 Å². The van der Waals surface area contributed by atoms with Gasteiger partial charge in [0.15, 0.2) is 0 Å². The SMILES string of the molecule is CNC1c2cc([N+](=O)[O-])ccc2C(C)(C)C1O. The molecule has 0 radical (unpaired) electrons. The summed E-state index contributed by atoms with van der Waals surface area (Å²) >= 11 is 0. The molecule has 0 heterocycles. The van der Waals surface area contributed by atoms with E-state index >= 15 is 0 Å². The van der Waals surface area contributed by atoms with Gasteiger partial charge in [0, 0.05) is 17.5 Å². The minimum Gasteiger partial charge on any atom is -0.390 e. The van der Waals surface area contributed by atoms with Gasteiger partial charge in [0.05, 0.1) is 17.1 Å². The molecule has 0 aromatic heterocycles. The number of hydrogen-bond donors (Lipinski definition) is 2. The summed E-state index contributed by atoms with van der Waals surface area (Å²) in [5.41, 5.74) is 1.46. The van der Waals surface area contributed by atoms with Crippen LogP contribution in [0.25, 0.3) is 0 Å². The van der Waals surface area contributed by atoms with Gasteiger partial charge >= 0.3 is 0 Å². The molecule has 0 fully saturated rings. The minimum atomic E-state index is -0.579. The average Bonchev–Trinajstić information content (AvgIpc) is 2.47. The number of aliphatic hydroxyl groups is 1. The molecule has 1 aromatic rings. The molecular weight excluding hydrogens is 220 g/mol. The Morgan fingerprint density at radius 1 is 1.47 bits per heavy atom. The summed E-state index contributed by atoms with van der Waals surface area (Å²) in [5.74, 6) is 0. The summed E-state index contributed by atoms with van der Waals surface area (Å²) in [5, 5.41) is 24.0. The first kappa shape index (κ1) is 12.0. The number of nitrogens with zero attached hydrogens (tertiary/aromatic N) is 1. The molecular formula is C12H16N2O3. The lowest BCUT2D eigenvalue weighted by molar-refractivity contribution is -0.384. The highest BCUT2D eigenvalue weighted by Crippen LogP contribution is 2.45. The molecule has 0 amide bonds. The van der Waals surface area contributed by atoms with E-state index in [1.165, 1.54) is 6.07 Å². The maximum atomic E-state index is 10.8. The van der Waals surface area contributed by atoms with Crippen LogP contribution >= 0.6 is 0 Å². The van der Waals surface area contributed by atoms with Crippen LogP contribution in [0.2, 0.25) is 0 Å². The number of aliphatic hydroxyl groups excluding tert-OH is 1. The van der Waals surface area contributed by atoms with E-state index in [9.17, 15) is 15.2 Å². The van der Waals surface area contributed by atoms with E-state index in [1.54, 1.807) is 19.2 Å². The highest BCUT2D eigenvalue weighted by molar-refractivity contribution is 5.49. The Morgan fingerprint density at radius 3 is 2.65 bits per heavy atom. The molecule has 92 valence electrons. The molecule has 0 bridgehead atoms. The molecule has 2 atom stereocenters. The van der Waals surface area contributed by atoms with E-state index in [0.29, 0.717) is 0 Å². The van der Waals surface area contributed by atoms with Gasteiger partial charge in [-0.15, -0.1) is 0 Å². The van der Waals surface area contributed by atoms with Crippen LogP contribution in [-0.2, 0) is 5.41 Å². The molecule has 0 saturated heterocycles. The Labute approximate surface area is 99.6 Å². The van der Waals surface area contributed by atoms with Gasteiger partial charge < -0.3 is 10.4 Å². The molecule has 17 heavy (non-hydrogen) atoms. The molecule has 2 N–H and O–H groups in total. The van der Waals surface area contributed by atoms with Crippen molar-refractivity contribution in [2.45, 2.75) is 31.4 Å². The third-order valence-corrected chi connectivity index (χ3v) is 3.64. The average molecular weight is 236 g/mol. The van der Waals surface area contributed by atoms with Gasteiger partial charge in [-0.1, -0.05) is 19.9 Å². The van der Waals surface area contributed by atoms with Gasteiger partial charge in [0.1, 0.15) is 0 Å². The summed E-state index contributed by atoms with van der Waals surface area (Å²) in [4.78, 5) is 10.3. The van der Waals surface area contributed by atoms with Crippen LogP contribution in [0.15, 0.2) is 18.2 Å². The fraction of sp³-hybridized carbons (Fsp3) is 0.500. The predicted octanol–water partition coefficient (Wildman–Crippen LogP) is 1.51. The molecule has 1 aromatic carbocycles. The first-order valence-corrected chi connectivity index (χ1v) is 5.53. The molecule has 0 saturated carbocycles. The molecule has 2 unspecified atom stereocenters. The number of rotatable bonds is 2. The van der Waals surface area contributed by atoms with Crippen molar-refractivity contribution in [2.24, 2.45) is 0 Å². The third-order valence-electron chi connectivity index (χ3n) is 3.64. The van der Waals surface area contributed by atoms with Gasteiger partial charge in [0.2, 0.25) is 0 Å². The zero-order chi connectivity index (χ0) is 12.8. The maximum Gasteiger partial charge on any atom is 0.269 e. The van der Waals surface area contributed by atoms with E-state index < -0.39 is 16.4 Å².